The zero-order valence-corrected chi connectivity index (χ0v) is 10.8. The van der Waals surface area contributed by atoms with Gasteiger partial charge in [-0.1, -0.05) is 19.1 Å². The number of amides is 1. The summed E-state index contributed by atoms with van der Waals surface area (Å²) in [5.74, 6) is -0.316. The summed E-state index contributed by atoms with van der Waals surface area (Å²) >= 11 is 0. The fourth-order valence-electron chi connectivity index (χ4n) is 2.15. The molecule has 2 N–H and O–H groups in total. The minimum Gasteiger partial charge on any atom is -0.346 e. The molecule has 0 saturated heterocycles. The third kappa shape index (κ3) is 2.70. The molecule has 1 fully saturated rings. The minimum absolute atomic E-state index is 0.0195. The molecule has 1 aliphatic carbocycles. The highest BCUT2D eigenvalue weighted by Gasteiger charge is 2.46. The second-order valence-corrected chi connectivity index (χ2v) is 5.04. The van der Waals surface area contributed by atoms with Crippen molar-refractivity contribution in [1.82, 2.24) is 10.6 Å². The highest BCUT2D eigenvalue weighted by atomic mass is 19.1. The van der Waals surface area contributed by atoms with Crippen LogP contribution in [0, 0.1) is 11.7 Å². The molecule has 0 heterocycles. The van der Waals surface area contributed by atoms with Crippen LogP contribution < -0.4 is 10.6 Å². The molecule has 0 radical (unpaired) electrons. The predicted molar refractivity (Wildman–Crippen MR) is 68.5 cm³/mol. The van der Waals surface area contributed by atoms with Gasteiger partial charge in [0.05, 0.1) is 5.54 Å². The van der Waals surface area contributed by atoms with Gasteiger partial charge in [0, 0.05) is 12.5 Å². The molecule has 1 aromatic rings. The zero-order chi connectivity index (χ0) is 13.2. The van der Waals surface area contributed by atoms with E-state index in [9.17, 15) is 9.18 Å². The van der Waals surface area contributed by atoms with Gasteiger partial charge in [-0.25, -0.2) is 4.39 Å². The summed E-state index contributed by atoms with van der Waals surface area (Å²) in [7, 11) is 1.82. The second kappa shape index (κ2) is 5.06. The Hall–Kier alpha value is -1.42. The van der Waals surface area contributed by atoms with Crippen molar-refractivity contribution in [2.75, 3.05) is 13.6 Å². The van der Waals surface area contributed by atoms with E-state index < -0.39 is 0 Å². The van der Waals surface area contributed by atoms with Crippen LogP contribution in [0.2, 0.25) is 0 Å². The first-order chi connectivity index (χ1) is 8.57. The molecule has 1 saturated carbocycles. The Bertz CT molecular complexity index is 443. The van der Waals surface area contributed by atoms with Gasteiger partial charge in [-0.3, -0.25) is 4.79 Å². The standard InChI is InChI=1S/C14H19FN2O/c1-10(9-16-2)13(18)17-14(6-7-14)11-4-3-5-12(15)8-11/h3-5,8,10,16H,6-7,9H2,1-2H3,(H,17,18). The van der Waals surface area contributed by atoms with Crippen molar-refractivity contribution >= 4 is 5.91 Å². The molecule has 1 atom stereocenters. The number of benzene rings is 1. The number of carbonyl (C=O) groups is 1. The molecule has 1 unspecified atom stereocenters. The highest BCUT2D eigenvalue weighted by Crippen LogP contribution is 2.45. The number of rotatable bonds is 5. The number of halogens is 1. The summed E-state index contributed by atoms with van der Waals surface area (Å²) in [4.78, 5) is 12.0. The van der Waals surface area contributed by atoms with Gasteiger partial charge in [0.15, 0.2) is 0 Å². The number of nitrogens with one attached hydrogen (secondary N) is 2. The monoisotopic (exact) mass is 250 g/mol. The van der Waals surface area contributed by atoms with Crippen molar-refractivity contribution in [3.8, 4) is 0 Å². The lowest BCUT2D eigenvalue weighted by Crippen LogP contribution is -2.40. The first kappa shape index (κ1) is 13.0. The van der Waals surface area contributed by atoms with Crippen LogP contribution in [0.3, 0.4) is 0 Å². The van der Waals surface area contributed by atoms with Crippen LogP contribution in [-0.2, 0) is 10.3 Å². The molecule has 1 aliphatic rings. The fraction of sp³-hybridized carbons (Fsp3) is 0.500. The molecule has 18 heavy (non-hydrogen) atoms. The summed E-state index contributed by atoms with van der Waals surface area (Å²) < 4.78 is 13.2. The van der Waals surface area contributed by atoms with Crippen LogP contribution in [0.5, 0.6) is 0 Å². The van der Waals surface area contributed by atoms with E-state index in [-0.39, 0.29) is 23.2 Å². The van der Waals surface area contributed by atoms with Crippen molar-refractivity contribution in [2.24, 2.45) is 5.92 Å². The van der Waals surface area contributed by atoms with Gasteiger partial charge in [-0.15, -0.1) is 0 Å². The SMILES string of the molecule is CNCC(C)C(=O)NC1(c2cccc(F)c2)CC1. The maximum absolute atomic E-state index is 13.2. The van der Waals surface area contributed by atoms with Crippen LogP contribution in [0.25, 0.3) is 0 Å². The van der Waals surface area contributed by atoms with Crippen LogP contribution in [0.15, 0.2) is 24.3 Å². The van der Waals surface area contributed by atoms with Gasteiger partial charge < -0.3 is 10.6 Å². The first-order valence-electron chi connectivity index (χ1n) is 6.30. The van der Waals surface area contributed by atoms with Crippen molar-refractivity contribution in [3.63, 3.8) is 0 Å². The molecule has 0 spiro atoms. The number of hydrogen-bond donors (Lipinski definition) is 2. The number of carbonyl (C=O) groups excluding carboxylic acids is 1. The maximum atomic E-state index is 13.2. The normalized spacial score (nSPS) is 18.2. The van der Waals surface area contributed by atoms with Gasteiger partial charge >= 0.3 is 0 Å². The van der Waals surface area contributed by atoms with E-state index in [0.29, 0.717) is 6.54 Å². The highest BCUT2D eigenvalue weighted by molar-refractivity contribution is 5.80. The summed E-state index contributed by atoms with van der Waals surface area (Å²) in [6.45, 7) is 2.53. The average molecular weight is 250 g/mol. The third-order valence-corrected chi connectivity index (χ3v) is 3.45. The molecule has 4 heteroatoms. The van der Waals surface area contributed by atoms with Gasteiger partial charge in [0.1, 0.15) is 5.82 Å². The second-order valence-electron chi connectivity index (χ2n) is 5.04. The van der Waals surface area contributed by atoms with E-state index >= 15 is 0 Å². The van der Waals surface area contributed by atoms with Gasteiger partial charge in [-0.05, 0) is 37.6 Å². The topological polar surface area (TPSA) is 41.1 Å². The van der Waals surface area contributed by atoms with E-state index in [4.69, 9.17) is 0 Å². The van der Waals surface area contributed by atoms with Crippen molar-refractivity contribution in [3.05, 3.63) is 35.6 Å². The van der Waals surface area contributed by atoms with Crippen molar-refractivity contribution in [1.29, 1.82) is 0 Å². The molecule has 0 aromatic heterocycles. The molecular weight excluding hydrogens is 231 g/mol. The van der Waals surface area contributed by atoms with Crippen molar-refractivity contribution < 1.29 is 9.18 Å². The van der Waals surface area contributed by atoms with E-state index in [2.05, 4.69) is 10.6 Å². The molecule has 0 aliphatic heterocycles. The predicted octanol–water partition coefficient (Wildman–Crippen LogP) is 1.79. The van der Waals surface area contributed by atoms with Gasteiger partial charge in [0.2, 0.25) is 5.91 Å². The molecule has 0 bridgehead atoms. The Morgan fingerprint density at radius 2 is 2.22 bits per heavy atom. The van der Waals surface area contributed by atoms with Crippen LogP contribution in [-0.4, -0.2) is 19.5 Å². The largest absolute Gasteiger partial charge is 0.346 e. The molecule has 1 amide bonds. The lowest BCUT2D eigenvalue weighted by Gasteiger charge is -2.20. The first-order valence-corrected chi connectivity index (χ1v) is 6.30. The Morgan fingerprint density at radius 1 is 1.50 bits per heavy atom. The maximum Gasteiger partial charge on any atom is 0.224 e. The molecule has 98 valence electrons. The zero-order valence-electron chi connectivity index (χ0n) is 10.8. The Labute approximate surface area is 107 Å². The average Bonchev–Trinajstić information content (AvgIpc) is 3.10. The van der Waals surface area contributed by atoms with Crippen LogP contribution in [0.1, 0.15) is 25.3 Å². The van der Waals surface area contributed by atoms with Gasteiger partial charge in [-0.2, -0.15) is 0 Å². The molecule has 3 nitrogen and oxygen atoms in total. The summed E-state index contributed by atoms with van der Waals surface area (Å²) in [5.41, 5.74) is 0.536. The fourth-order valence-corrected chi connectivity index (χ4v) is 2.15. The molecular formula is C14H19FN2O. The number of hydrogen-bond acceptors (Lipinski definition) is 2. The molecule has 2 rings (SSSR count). The lowest BCUT2D eigenvalue weighted by molar-refractivity contribution is -0.125. The Balaban J connectivity index is 2.07. The van der Waals surface area contributed by atoms with E-state index in [1.807, 2.05) is 20.0 Å². The minimum atomic E-state index is -0.332. The quantitative estimate of drug-likeness (QED) is 0.836. The summed E-state index contributed by atoms with van der Waals surface area (Å²) in [6.07, 6.45) is 1.77. The van der Waals surface area contributed by atoms with E-state index in [0.717, 1.165) is 18.4 Å². The van der Waals surface area contributed by atoms with Crippen molar-refractivity contribution in [2.45, 2.75) is 25.3 Å². The summed E-state index contributed by atoms with van der Waals surface area (Å²) in [6, 6.07) is 6.49. The Kier molecular flexibility index (Phi) is 3.66. The summed E-state index contributed by atoms with van der Waals surface area (Å²) in [5, 5.41) is 6.03. The van der Waals surface area contributed by atoms with Crippen LogP contribution in [0.4, 0.5) is 4.39 Å². The smallest absolute Gasteiger partial charge is 0.224 e. The Morgan fingerprint density at radius 3 is 2.78 bits per heavy atom. The third-order valence-electron chi connectivity index (χ3n) is 3.45. The van der Waals surface area contributed by atoms with Gasteiger partial charge in [0.25, 0.3) is 0 Å². The lowest BCUT2D eigenvalue weighted by atomic mass is 10.0. The van der Waals surface area contributed by atoms with Crippen LogP contribution >= 0.6 is 0 Å². The van der Waals surface area contributed by atoms with E-state index in [1.54, 1.807) is 6.07 Å². The molecule has 1 aromatic carbocycles. The van der Waals surface area contributed by atoms with E-state index in [1.165, 1.54) is 12.1 Å².